The van der Waals surface area contributed by atoms with E-state index in [9.17, 15) is 18.0 Å². The van der Waals surface area contributed by atoms with Crippen LogP contribution in [-0.2, 0) is 14.8 Å². The van der Waals surface area contributed by atoms with Gasteiger partial charge in [0, 0.05) is 31.2 Å². The quantitative estimate of drug-likeness (QED) is 0.744. The molecule has 2 rings (SSSR count). The van der Waals surface area contributed by atoms with Crippen LogP contribution in [-0.4, -0.2) is 54.9 Å². The Morgan fingerprint density at radius 2 is 2.04 bits per heavy atom. The van der Waals surface area contributed by atoms with Gasteiger partial charge in [-0.3, -0.25) is 4.79 Å². The molecule has 134 valence electrons. The highest BCUT2D eigenvalue weighted by molar-refractivity contribution is 7.89. The second-order valence-electron chi connectivity index (χ2n) is 4.94. The molecule has 0 spiro atoms. The van der Waals surface area contributed by atoms with Crippen molar-refractivity contribution < 1.29 is 22.7 Å². The topological polar surface area (TPSA) is 119 Å². The number of carbonyl (C=O) groups excluding carboxylic acids is 2. The number of carbonyl (C=O) groups is 2. The SMILES string of the molecule is CCOC(=O)c1nnsc1NC(=O)c1cccc(S(=O)(=O)N(C)C)c1. The average Bonchev–Trinajstić information content (AvgIpc) is 3.03. The molecular weight excluding hydrogens is 368 g/mol. The molecule has 1 heterocycles. The summed E-state index contributed by atoms with van der Waals surface area (Å²) in [6.45, 7) is 1.81. The molecule has 0 aliphatic carbocycles. The van der Waals surface area contributed by atoms with Crippen molar-refractivity contribution in [2.45, 2.75) is 11.8 Å². The van der Waals surface area contributed by atoms with Crippen molar-refractivity contribution in [2.75, 3.05) is 26.0 Å². The zero-order valence-electron chi connectivity index (χ0n) is 13.7. The molecule has 1 aromatic carbocycles. The number of ether oxygens (including phenoxy) is 1. The van der Waals surface area contributed by atoms with Crippen molar-refractivity contribution in [3.8, 4) is 0 Å². The molecular formula is C14H16N4O5S2. The minimum absolute atomic E-state index is 0.0156. The van der Waals surface area contributed by atoms with Gasteiger partial charge in [0.1, 0.15) is 0 Å². The first kappa shape index (κ1) is 19.0. The second-order valence-corrected chi connectivity index (χ2v) is 7.85. The van der Waals surface area contributed by atoms with E-state index in [0.717, 1.165) is 15.8 Å². The van der Waals surface area contributed by atoms with Crippen LogP contribution < -0.4 is 5.32 Å². The zero-order valence-corrected chi connectivity index (χ0v) is 15.3. The average molecular weight is 384 g/mol. The lowest BCUT2D eigenvalue weighted by Gasteiger charge is -2.12. The summed E-state index contributed by atoms with van der Waals surface area (Å²) >= 11 is 0.821. The van der Waals surface area contributed by atoms with E-state index >= 15 is 0 Å². The summed E-state index contributed by atoms with van der Waals surface area (Å²) in [5, 5.41) is 6.27. The number of benzene rings is 1. The maximum atomic E-state index is 12.4. The third kappa shape index (κ3) is 4.18. The van der Waals surface area contributed by atoms with Crippen molar-refractivity contribution in [2.24, 2.45) is 0 Å². The molecule has 2 aromatic rings. The number of anilines is 1. The van der Waals surface area contributed by atoms with Gasteiger partial charge in [0.2, 0.25) is 15.7 Å². The summed E-state index contributed by atoms with van der Waals surface area (Å²) in [5.74, 6) is -1.29. The molecule has 11 heteroatoms. The van der Waals surface area contributed by atoms with Gasteiger partial charge in [-0.05, 0) is 25.1 Å². The van der Waals surface area contributed by atoms with Gasteiger partial charge in [0.15, 0.2) is 5.00 Å². The van der Waals surface area contributed by atoms with Gasteiger partial charge >= 0.3 is 5.97 Å². The van der Waals surface area contributed by atoms with Crippen molar-refractivity contribution in [1.82, 2.24) is 13.9 Å². The molecule has 1 aromatic heterocycles. The monoisotopic (exact) mass is 384 g/mol. The zero-order chi connectivity index (χ0) is 18.6. The fourth-order valence-corrected chi connectivity index (χ4v) is 3.29. The van der Waals surface area contributed by atoms with Crippen molar-refractivity contribution in [3.05, 3.63) is 35.5 Å². The van der Waals surface area contributed by atoms with Gasteiger partial charge in [-0.25, -0.2) is 17.5 Å². The lowest BCUT2D eigenvalue weighted by atomic mass is 10.2. The van der Waals surface area contributed by atoms with E-state index in [0.29, 0.717) is 0 Å². The first-order valence-corrected chi connectivity index (χ1v) is 9.32. The lowest BCUT2D eigenvalue weighted by Crippen LogP contribution is -2.23. The van der Waals surface area contributed by atoms with E-state index < -0.39 is 21.9 Å². The van der Waals surface area contributed by atoms with E-state index in [1.54, 1.807) is 6.92 Å². The van der Waals surface area contributed by atoms with E-state index in [1.165, 1.54) is 38.4 Å². The largest absolute Gasteiger partial charge is 0.461 e. The number of hydrogen-bond donors (Lipinski definition) is 1. The minimum Gasteiger partial charge on any atom is -0.461 e. The molecule has 0 aliphatic rings. The number of nitrogens with one attached hydrogen (secondary N) is 1. The predicted molar refractivity (Wildman–Crippen MR) is 91.1 cm³/mol. The highest BCUT2D eigenvalue weighted by atomic mass is 32.2. The first-order valence-electron chi connectivity index (χ1n) is 7.10. The molecule has 0 atom stereocenters. The summed E-state index contributed by atoms with van der Waals surface area (Å²) < 4.78 is 33.8. The molecule has 0 bridgehead atoms. The summed E-state index contributed by atoms with van der Waals surface area (Å²) in [6, 6.07) is 5.57. The molecule has 9 nitrogen and oxygen atoms in total. The van der Waals surface area contributed by atoms with Gasteiger partial charge in [-0.1, -0.05) is 10.6 Å². The van der Waals surface area contributed by atoms with Crippen LogP contribution in [0.4, 0.5) is 5.00 Å². The summed E-state index contributed by atoms with van der Waals surface area (Å²) in [4.78, 5) is 24.1. The highest BCUT2D eigenvalue weighted by Crippen LogP contribution is 2.21. The Morgan fingerprint density at radius 1 is 1.32 bits per heavy atom. The summed E-state index contributed by atoms with van der Waals surface area (Å²) in [6.07, 6.45) is 0. The molecule has 1 N–H and O–H groups in total. The number of rotatable bonds is 6. The number of amides is 1. The Balaban J connectivity index is 2.26. The van der Waals surface area contributed by atoms with Gasteiger partial charge in [-0.15, -0.1) is 5.10 Å². The van der Waals surface area contributed by atoms with Crippen LogP contribution in [0.1, 0.15) is 27.8 Å². The van der Waals surface area contributed by atoms with Gasteiger partial charge in [0.25, 0.3) is 5.91 Å². The Morgan fingerprint density at radius 3 is 2.68 bits per heavy atom. The number of sulfonamides is 1. The molecule has 0 radical (unpaired) electrons. The summed E-state index contributed by atoms with van der Waals surface area (Å²) in [7, 11) is -0.868. The van der Waals surface area contributed by atoms with Gasteiger partial charge in [-0.2, -0.15) is 0 Å². The molecule has 0 fully saturated rings. The maximum absolute atomic E-state index is 12.4. The smallest absolute Gasteiger partial charge is 0.362 e. The van der Waals surface area contributed by atoms with Crippen molar-refractivity contribution in [3.63, 3.8) is 0 Å². The third-order valence-electron chi connectivity index (χ3n) is 3.06. The Bertz CT molecular complexity index is 892. The second kappa shape index (κ2) is 7.68. The normalized spacial score (nSPS) is 11.4. The molecule has 1 amide bonds. The molecule has 25 heavy (non-hydrogen) atoms. The summed E-state index contributed by atoms with van der Waals surface area (Å²) in [5.41, 5.74) is 0.0170. The molecule has 0 saturated heterocycles. The van der Waals surface area contributed by atoms with E-state index in [-0.39, 0.29) is 27.8 Å². The predicted octanol–water partition coefficient (Wildman–Crippen LogP) is 1.22. The lowest BCUT2D eigenvalue weighted by molar-refractivity contribution is 0.0520. The number of aromatic nitrogens is 2. The van der Waals surface area contributed by atoms with Crippen LogP contribution in [0.5, 0.6) is 0 Å². The standard InChI is InChI=1S/C14H16N4O5S2/c1-4-23-14(20)11-13(24-17-16-11)15-12(19)9-6-5-7-10(8-9)25(21,22)18(2)3/h5-8H,4H2,1-3H3,(H,15,19). The van der Waals surface area contributed by atoms with Crippen LogP contribution in [0.15, 0.2) is 29.2 Å². The van der Waals surface area contributed by atoms with Crippen LogP contribution >= 0.6 is 11.5 Å². The van der Waals surface area contributed by atoms with Crippen LogP contribution in [0.25, 0.3) is 0 Å². The fourth-order valence-electron chi connectivity index (χ4n) is 1.79. The van der Waals surface area contributed by atoms with Crippen LogP contribution in [0.3, 0.4) is 0 Å². The Hall–Kier alpha value is -2.37. The molecule has 0 unspecified atom stereocenters. The van der Waals surface area contributed by atoms with Gasteiger partial charge < -0.3 is 10.1 Å². The van der Waals surface area contributed by atoms with E-state index in [2.05, 4.69) is 14.9 Å². The molecule has 0 aliphatic heterocycles. The Kier molecular flexibility index (Phi) is 5.82. The number of nitrogens with zero attached hydrogens (tertiary/aromatic N) is 3. The maximum Gasteiger partial charge on any atom is 0.362 e. The number of hydrogen-bond acceptors (Lipinski definition) is 8. The first-order chi connectivity index (χ1) is 11.8. The fraction of sp³-hybridized carbons (Fsp3) is 0.286. The van der Waals surface area contributed by atoms with Crippen LogP contribution in [0, 0.1) is 0 Å². The minimum atomic E-state index is -3.67. The third-order valence-corrected chi connectivity index (χ3v) is 5.51. The Labute approximate surface area is 148 Å². The highest BCUT2D eigenvalue weighted by Gasteiger charge is 2.22. The van der Waals surface area contributed by atoms with Crippen molar-refractivity contribution >= 4 is 38.4 Å². The van der Waals surface area contributed by atoms with Gasteiger partial charge in [0.05, 0.1) is 11.5 Å². The van der Waals surface area contributed by atoms with Crippen LogP contribution in [0.2, 0.25) is 0 Å². The van der Waals surface area contributed by atoms with Crippen molar-refractivity contribution in [1.29, 1.82) is 0 Å². The number of esters is 1. The van der Waals surface area contributed by atoms with E-state index in [4.69, 9.17) is 4.74 Å². The molecule has 0 saturated carbocycles. The van der Waals surface area contributed by atoms with E-state index in [1.807, 2.05) is 0 Å².